The highest BCUT2D eigenvalue weighted by Crippen LogP contribution is 2.36. The van der Waals surface area contributed by atoms with Crippen LogP contribution in [0.15, 0.2) is 79.0 Å². The topological polar surface area (TPSA) is 0 Å². The minimum absolute atomic E-state index is 0.446. The lowest BCUT2D eigenvalue weighted by atomic mass is 9.51. The van der Waals surface area contributed by atoms with E-state index in [9.17, 15) is 0 Å². The van der Waals surface area contributed by atoms with Crippen LogP contribution in [-0.2, 0) is 0 Å². The third-order valence-electron chi connectivity index (χ3n) is 5.40. The van der Waals surface area contributed by atoms with Gasteiger partial charge in [0.05, 0.1) is 0 Å². The van der Waals surface area contributed by atoms with Gasteiger partial charge >= 0.3 is 0 Å². The first-order valence-corrected chi connectivity index (χ1v) is 9.33. The van der Waals surface area contributed by atoms with Crippen molar-refractivity contribution in [1.82, 2.24) is 0 Å². The number of hydrogen-bond acceptors (Lipinski definition) is 0. The highest BCUT2D eigenvalue weighted by Gasteiger charge is 2.29. The highest BCUT2D eigenvalue weighted by molar-refractivity contribution is 6.75. The Morgan fingerprint density at radius 3 is 1.23 bits per heavy atom. The van der Waals surface area contributed by atoms with Gasteiger partial charge in [0.25, 0.3) is 0 Å². The minimum atomic E-state index is 0.446. The molecule has 0 fully saturated rings. The summed E-state index contributed by atoms with van der Waals surface area (Å²) in [6, 6.07) is 0. The molecule has 0 N–H and O–H groups in total. The van der Waals surface area contributed by atoms with Gasteiger partial charge in [0.2, 0.25) is 0 Å². The Morgan fingerprint density at radius 1 is 0.577 bits per heavy atom. The van der Waals surface area contributed by atoms with Crippen LogP contribution in [-0.4, -0.2) is 44.8 Å². The molecule has 4 rings (SSSR count). The summed E-state index contributed by atoms with van der Waals surface area (Å²) < 4.78 is 0. The molecule has 0 aromatic carbocycles. The molecule has 0 nitrogen and oxygen atoms in total. The second-order valence-electron chi connectivity index (χ2n) is 8.02. The molecular formula is C20H18B6. The fourth-order valence-corrected chi connectivity index (χ4v) is 3.92. The van der Waals surface area contributed by atoms with E-state index in [-0.39, 0.29) is 0 Å². The zero-order valence-electron chi connectivity index (χ0n) is 15.9. The first-order chi connectivity index (χ1) is 12.3. The van der Waals surface area contributed by atoms with Gasteiger partial charge in [-0.2, -0.15) is 0 Å². The van der Waals surface area contributed by atoms with Crippen LogP contribution in [0.2, 0.25) is 0 Å². The normalized spacial score (nSPS) is 21.5. The Morgan fingerprint density at radius 2 is 0.923 bits per heavy atom. The van der Waals surface area contributed by atoms with Crippen molar-refractivity contribution in [3.8, 4) is 0 Å². The van der Waals surface area contributed by atoms with E-state index in [1.165, 1.54) is 43.8 Å². The molecule has 0 bridgehead atoms. The summed E-state index contributed by atoms with van der Waals surface area (Å²) in [4.78, 5) is 0. The first-order valence-electron chi connectivity index (χ1n) is 9.33. The lowest BCUT2D eigenvalue weighted by Gasteiger charge is -2.11. The van der Waals surface area contributed by atoms with Gasteiger partial charge in [-0.15, -0.1) is 21.9 Å². The summed E-state index contributed by atoms with van der Waals surface area (Å²) in [5.74, 6) is 0.892. The van der Waals surface area contributed by atoms with Gasteiger partial charge in [0.15, 0.2) is 29.1 Å². The maximum Gasteiger partial charge on any atom is 0.189 e. The minimum Gasteiger partial charge on any atom is -0.107 e. The van der Waals surface area contributed by atoms with Crippen molar-refractivity contribution in [1.29, 1.82) is 0 Å². The predicted octanol–water partition coefficient (Wildman–Crippen LogP) is 2.68. The quantitative estimate of drug-likeness (QED) is 0.698. The molecule has 116 valence electrons. The van der Waals surface area contributed by atoms with Crippen molar-refractivity contribution in [2.75, 3.05) is 0 Å². The van der Waals surface area contributed by atoms with Crippen LogP contribution in [0.5, 0.6) is 0 Å². The van der Waals surface area contributed by atoms with Gasteiger partial charge in [-0.1, -0.05) is 84.8 Å². The van der Waals surface area contributed by atoms with Gasteiger partial charge in [0, 0.05) is 0 Å². The summed E-state index contributed by atoms with van der Waals surface area (Å²) in [6.07, 6.45) is 8.70. The maximum absolute atomic E-state index is 6.18. The van der Waals surface area contributed by atoms with Crippen LogP contribution in [0.4, 0.5) is 0 Å². The lowest BCUT2D eigenvalue weighted by molar-refractivity contribution is 0.810. The summed E-state index contributed by atoms with van der Waals surface area (Å²) in [5, 5.41) is 0. The van der Waals surface area contributed by atoms with E-state index < -0.39 is 0 Å². The Labute approximate surface area is 163 Å². The van der Waals surface area contributed by atoms with Crippen LogP contribution in [0, 0.1) is 11.8 Å². The molecule has 4 aliphatic rings. The molecule has 0 saturated carbocycles. The van der Waals surface area contributed by atoms with E-state index in [1.807, 2.05) is 0 Å². The molecule has 4 aliphatic heterocycles. The van der Waals surface area contributed by atoms with Crippen molar-refractivity contribution in [3.05, 3.63) is 79.0 Å². The molecule has 0 aromatic heterocycles. The Balaban J connectivity index is 1.43. The van der Waals surface area contributed by atoms with Gasteiger partial charge in [-0.05, 0) is 11.8 Å². The molecule has 0 unspecified atom stereocenters. The molecule has 0 aromatic rings. The molecule has 0 amide bonds. The van der Waals surface area contributed by atoms with Crippen LogP contribution in [0.25, 0.3) is 0 Å². The van der Waals surface area contributed by atoms with Crippen molar-refractivity contribution < 1.29 is 0 Å². The van der Waals surface area contributed by atoms with Crippen LogP contribution in [0.3, 0.4) is 0 Å². The predicted molar refractivity (Wildman–Crippen MR) is 118 cm³/mol. The molecule has 26 heavy (non-hydrogen) atoms. The summed E-state index contributed by atoms with van der Waals surface area (Å²) in [7, 11) is 21.3. The SMILES string of the molecule is [B]C1=C(C(C)C)[B]C(C2=CC3=C([B]2)C=C(C2=CC([B])=C(C(C)C)[B]2)[B]3)=C1. The zero-order chi connectivity index (χ0) is 18.6. The van der Waals surface area contributed by atoms with Crippen molar-refractivity contribution in [3.63, 3.8) is 0 Å². The molecular weight excluding hydrogens is 305 g/mol. The average Bonchev–Trinajstić information content (AvgIpc) is 3.26. The molecule has 8 radical (unpaired) electrons. The Hall–Kier alpha value is -1.43. The molecule has 0 saturated heterocycles. The van der Waals surface area contributed by atoms with E-state index in [0.717, 1.165) is 10.9 Å². The van der Waals surface area contributed by atoms with Gasteiger partial charge in [-0.25, -0.2) is 0 Å². The average molecular weight is 323 g/mol. The fourth-order valence-electron chi connectivity index (χ4n) is 3.92. The molecule has 0 spiro atoms. The summed E-state index contributed by atoms with van der Waals surface area (Å²) in [6.45, 7) is 8.72. The fraction of sp³-hybridized carbons (Fsp3) is 0.300. The van der Waals surface area contributed by atoms with Crippen molar-refractivity contribution in [2.45, 2.75) is 27.7 Å². The maximum atomic E-state index is 6.18. The summed E-state index contributed by atoms with van der Waals surface area (Å²) in [5.41, 5.74) is 11.7. The highest BCUT2D eigenvalue weighted by atomic mass is 14.1. The molecule has 6 heteroatoms. The van der Waals surface area contributed by atoms with Crippen molar-refractivity contribution >= 4 is 44.8 Å². The van der Waals surface area contributed by atoms with Gasteiger partial charge in [0.1, 0.15) is 15.7 Å². The molecule has 0 atom stereocenters. The van der Waals surface area contributed by atoms with Gasteiger partial charge in [-0.3, -0.25) is 0 Å². The van der Waals surface area contributed by atoms with E-state index in [0.29, 0.717) is 11.8 Å². The van der Waals surface area contributed by atoms with Crippen molar-refractivity contribution in [2.24, 2.45) is 11.8 Å². The van der Waals surface area contributed by atoms with E-state index in [2.05, 4.69) is 81.1 Å². The molecule has 4 heterocycles. The van der Waals surface area contributed by atoms with Gasteiger partial charge < -0.3 is 0 Å². The Kier molecular flexibility index (Phi) is 4.58. The smallest absolute Gasteiger partial charge is 0.107 e. The van der Waals surface area contributed by atoms with Crippen LogP contribution < -0.4 is 0 Å². The largest absolute Gasteiger partial charge is 0.189 e. The number of allylic oxidation sites excluding steroid dienone is 14. The monoisotopic (exact) mass is 324 g/mol. The second-order valence-corrected chi connectivity index (χ2v) is 8.02. The van der Waals surface area contributed by atoms with Crippen LogP contribution in [0.1, 0.15) is 27.7 Å². The Bertz CT molecular complexity index is 829. The van der Waals surface area contributed by atoms with E-state index >= 15 is 0 Å². The number of hydrogen-bond donors (Lipinski definition) is 0. The molecule has 0 aliphatic carbocycles. The zero-order valence-corrected chi connectivity index (χ0v) is 15.9. The van der Waals surface area contributed by atoms with E-state index in [4.69, 9.17) is 15.7 Å². The lowest BCUT2D eigenvalue weighted by Crippen LogP contribution is -2.09. The second kappa shape index (κ2) is 6.63. The number of rotatable bonds is 4. The standard InChI is InChI=1S/C20H18B6/c1-9(2)19-11(21)5-13(25-19)15-7-17-18(23-15)8-16(24-17)14-6-12(22)20(26-14)10(3)4/h5-10H,1-4H3. The third-order valence-corrected chi connectivity index (χ3v) is 5.40. The third kappa shape index (κ3) is 3.06. The summed E-state index contributed by atoms with van der Waals surface area (Å²) >= 11 is 0. The van der Waals surface area contributed by atoms with Crippen LogP contribution >= 0.6 is 0 Å². The van der Waals surface area contributed by atoms with E-state index in [1.54, 1.807) is 0 Å². The first kappa shape index (κ1) is 18.0.